The highest BCUT2D eigenvalue weighted by molar-refractivity contribution is 7.94. The molecule has 92 valence electrons. The highest BCUT2D eigenvalue weighted by atomic mass is 32.2. The molecule has 0 spiro atoms. The minimum absolute atomic E-state index is 0.103. The molecule has 0 saturated heterocycles. The molecule has 2 rings (SSSR count). The number of hydrogen-bond donors (Lipinski definition) is 2. The van der Waals surface area contributed by atoms with Crippen LogP contribution in [-0.2, 0) is 17.1 Å². The van der Waals surface area contributed by atoms with Gasteiger partial charge in [0.2, 0.25) is 5.13 Å². The topological polar surface area (TPSA) is 116 Å². The second-order valence-electron chi connectivity index (χ2n) is 3.31. The zero-order valence-corrected chi connectivity index (χ0v) is 10.7. The molecular weight excluding hydrogens is 264 g/mol. The Hall–Kier alpha value is -1.68. The van der Waals surface area contributed by atoms with E-state index < -0.39 is 10.0 Å². The minimum atomic E-state index is -3.75. The average Bonchev–Trinajstić information content (AvgIpc) is 2.74. The van der Waals surface area contributed by atoms with E-state index >= 15 is 0 Å². The zero-order valence-electron chi connectivity index (χ0n) is 9.08. The number of hydrogen-bond acceptors (Lipinski definition) is 7. The average molecular weight is 274 g/mol. The number of anilines is 2. The lowest BCUT2D eigenvalue weighted by Crippen LogP contribution is -2.15. The van der Waals surface area contributed by atoms with Crippen LogP contribution in [0.15, 0.2) is 10.4 Å². The van der Waals surface area contributed by atoms with Crippen LogP contribution in [0, 0.1) is 6.92 Å². The lowest BCUT2D eigenvalue weighted by molar-refractivity contribution is 0.598. The van der Waals surface area contributed by atoms with Crippen molar-refractivity contribution in [1.82, 2.24) is 20.0 Å². The van der Waals surface area contributed by atoms with Crippen molar-refractivity contribution in [2.45, 2.75) is 11.3 Å². The van der Waals surface area contributed by atoms with Gasteiger partial charge < -0.3 is 5.73 Å². The first-order chi connectivity index (χ1) is 7.88. The van der Waals surface area contributed by atoms with E-state index in [1.807, 2.05) is 0 Å². The van der Waals surface area contributed by atoms with E-state index in [1.54, 1.807) is 20.0 Å². The van der Waals surface area contributed by atoms with Gasteiger partial charge in [0.1, 0.15) is 5.82 Å². The Balaban J connectivity index is 2.32. The van der Waals surface area contributed by atoms with E-state index in [4.69, 9.17) is 5.73 Å². The fourth-order valence-electron chi connectivity index (χ4n) is 1.22. The molecule has 2 aromatic heterocycles. The van der Waals surface area contributed by atoms with Crippen molar-refractivity contribution in [3.8, 4) is 0 Å². The number of nitrogens with zero attached hydrogens (tertiary/aromatic N) is 4. The molecule has 2 heterocycles. The summed E-state index contributed by atoms with van der Waals surface area (Å²) in [6.07, 6.45) is 0. The second-order valence-corrected chi connectivity index (χ2v) is 6.17. The fourth-order valence-corrected chi connectivity index (χ4v) is 3.08. The van der Waals surface area contributed by atoms with Gasteiger partial charge in [-0.3, -0.25) is 9.40 Å². The monoisotopic (exact) mass is 274 g/mol. The van der Waals surface area contributed by atoms with Crippen molar-refractivity contribution >= 4 is 32.3 Å². The summed E-state index contributed by atoms with van der Waals surface area (Å²) < 4.78 is 27.4. The Kier molecular flexibility index (Phi) is 2.75. The third-order valence-corrected chi connectivity index (χ3v) is 4.37. The number of nitrogens with one attached hydrogen (secondary N) is 1. The first kappa shape index (κ1) is 11.8. The Morgan fingerprint density at radius 2 is 2.18 bits per heavy atom. The molecule has 0 fully saturated rings. The highest BCUT2D eigenvalue weighted by Gasteiger charge is 2.21. The first-order valence-electron chi connectivity index (χ1n) is 4.51. The van der Waals surface area contributed by atoms with Crippen molar-refractivity contribution in [1.29, 1.82) is 0 Å². The van der Waals surface area contributed by atoms with Crippen molar-refractivity contribution in [2.75, 3.05) is 10.5 Å². The van der Waals surface area contributed by atoms with Crippen LogP contribution in [0.25, 0.3) is 0 Å². The van der Waals surface area contributed by atoms with Crippen LogP contribution in [0.2, 0.25) is 0 Å². The molecule has 0 aromatic carbocycles. The number of aromatic nitrogens is 4. The molecule has 17 heavy (non-hydrogen) atoms. The molecule has 0 bridgehead atoms. The molecular formula is C7H10N6O2S2. The molecule has 0 atom stereocenters. The van der Waals surface area contributed by atoms with Crippen LogP contribution in [0.4, 0.5) is 10.9 Å². The van der Waals surface area contributed by atoms with Gasteiger partial charge in [0.15, 0.2) is 0 Å². The molecule has 0 amide bonds. The molecule has 10 heteroatoms. The van der Waals surface area contributed by atoms with E-state index in [9.17, 15) is 8.42 Å². The van der Waals surface area contributed by atoms with Gasteiger partial charge in [-0.05, 0) is 6.92 Å². The molecule has 0 aliphatic heterocycles. The summed E-state index contributed by atoms with van der Waals surface area (Å²) in [5.74, 6) is 0.358. The third-order valence-electron chi connectivity index (χ3n) is 1.89. The number of aryl methyl sites for hydroxylation is 2. The lowest BCUT2D eigenvalue weighted by atomic mass is 10.5. The van der Waals surface area contributed by atoms with Gasteiger partial charge in [-0.25, -0.2) is 0 Å². The van der Waals surface area contributed by atoms with Gasteiger partial charge in [0.25, 0.3) is 14.4 Å². The standard InChI is InChI=1S/C7H10N6O2S2/c1-4-3-5(13(2)11-4)12-17(14,15)7-10-9-6(8)16-7/h3,12H,1-2H3,(H2,8,9). The van der Waals surface area contributed by atoms with Gasteiger partial charge >= 0.3 is 0 Å². The number of nitrogen functional groups attached to an aromatic ring is 1. The lowest BCUT2D eigenvalue weighted by Gasteiger charge is -2.03. The Morgan fingerprint density at radius 1 is 1.47 bits per heavy atom. The normalized spacial score (nSPS) is 11.6. The number of rotatable bonds is 3. The molecule has 3 N–H and O–H groups in total. The summed E-state index contributed by atoms with van der Waals surface area (Å²) in [6, 6.07) is 1.61. The highest BCUT2D eigenvalue weighted by Crippen LogP contribution is 2.20. The molecule has 0 unspecified atom stereocenters. The maximum atomic E-state index is 11.9. The maximum absolute atomic E-state index is 11.9. The van der Waals surface area contributed by atoms with E-state index in [-0.39, 0.29) is 9.47 Å². The SMILES string of the molecule is Cc1cc(NS(=O)(=O)c2nnc(N)s2)n(C)n1. The fraction of sp³-hybridized carbons (Fsp3) is 0.286. The van der Waals surface area contributed by atoms with Crippen LogP contribution in [0.5, 0.6) is 0 Å². The van der Waals surface area contributed by atoms with Gasteiger partial charge in [-0.1, -0.05) is 11.3 Å². The molecule has 8 nitrogen and oxygen atoms in total. The van der Waals surface area contributed by atoms with E-state index in [2.05, 4.69) is 20.0 Å². The van der Waals surface area contributed by atoms with Crippen LogP contribution >= 0.6 is 11.3 Å². The summed E-state index contributed by atoms with van der Waals surface area (Å²) in [4.78, 5) is 0. The van der Waals surface area contributed by atoms with Crippen LogP contribution in [0.1, 0.15) is 5.69 Å². The van der Waals surface area contributed by atoms with Crippen molar-refractivity contribution in [3.05, 3.63) is 11.8 Å². The summed E-state index contributed by atoms with van der Waals surface area (Å²) in [6.45, 7) is 1.76. The van der Waals surface area contributed by atoms with Gasteiger partial charge in [-0.2, -0.15) is 13.5 Å². The van der Waals surface area contributed by atoms with E-state index in [0.717, 1.165) is 11.3 Å². The minimum Gasteiger partial charge on any atom is -0.374 e. The predicted molar refractivity (Wildman–Crippen MR) is 63.1 cm³/mol. The van der Waals surface area contributed by atoms with E-state index in [0.29, 0.717) is 11.5 Å². The van der Waals surface area contributed by atoms with Crippen molar-refractivity contribution in [2.24, 2.45) is 7.05 Å². The molecule has 0 aliphatic rings. The first-order valence-corrected chi connectivity index (χ1v) is 6.81. The van der Waals surface area contributed by atoms with Crippen LogP contribution < -0.4 is 10.5 Å². The predicted octanol–water partition coefficient (Wildman–Crippen LogP) is -0.0370. The maximum Gasteiger partial charge on any atom is 0.292 e. The Bertz CT molecular complexity index is 643. The van der Waals surface area contributed by atoms with Gasteiger partial charge in [-0.15, -0.1) is 10.2 Å². The summed E-state index contributed by atoms with van der Waals surface area (Å²) in [5.41, 5.74) is 6.05. The second kappa shape index (κ2) is 3.96. The van der Waals surface area contributed by atoms with Gasteiger partial charge in [0, 0.05) is 13.1 Å². The Labute approximate surface area is 102 Å². The Morgan fingerprint density at radius 3 is 2.65 bits per heavy atom. The molecule has 0 aliphatic carbocycles. The number of nitrogens with two attached hydrogens (primary N) is 1. The molecule has 2 aromatic rings. The molecule has 0 radical (unpaired) electrons. The summed E-state index contributed by atoms with van der Waals surface area (Å²) in [7, 11) is -2.11. The van der Waals surface area contributed by atoms with Gasteiger partial charge in [0.05, 0.1) is 5.69 Å². The summed E-state index contributed by atoms with van der Waals surface area (Å²) >= 11 is 0.802. The van der Waals surface area contributed by atoms with Crippen LogP contribution in [-0.4, -0.2) is 28.4 Å². The smallest absolute Gasteiger partial charge is 0.292 e. The number of sulfonamides is 1. The zero-order chi connectivity index (χ0) is 12.6. The van der Waals surface area contributed by atoms with E-state index in [1.165, 1.54) is 4.68 Å². The van der Waals surface area contributed by atoms with Crippen molar-refractivity contribution < 1.29 is 8.42 Å². The third kappa shape index (κ3) is 2.36. The van der Waals surface area contributed by atoms with Crippen LogP contribution in [0.3, 0.4) is 0 Å². The largest absolute Gasteiger partial charge is 0.374 e. The van der Waals surface area contributed by atoms with Crippen molar-refractivity contribution in [3.63, 3.8) is 0 Å². The summed E-state index contributed by atoms with van der Waals surface area (Å²) in [5, 5.41) is 11.1. The quantitative estimate of drug-likeness (QED) is 0.811. The molecule has 0 saturated carbocycles.